The molecular weight excluding hydrogens is 511 g/mol. The van der Waals surface area contributed by atoms with E-state index >= 15 is 0 Å². The minimum atomic E-state index is 0.0498. The van der Waals surface area contributed by atoms with Gasteiger partial charge in [0.1, 0.15) is 0 Å². The second-order valence-electron chi connectivity index (χ2n) is 8.63. The Morgan fingerprint density at radius 2 is 1.76 bits per heavy atom. The van der Waals surface area contributed by atoms with Crippen molar-refractivity contribution in [3.05, 3.63) is 89.5 Å². The molecule has 2 aromatic heterocycles. The van der Waals surface area contributed by atoms with Crippen LogP contribution in [0.25, 0.3) is 11.0 Å². The fourth-order valence-corrected chi connectivity index (χ4v) is 6.70. The Morgan fingerprint density at radius 3 is 2.50 bits per heavy atom. The number of hydrogen-bond acceptors (Lipinski definition) is 3. The van der Waals surface area contributed by atoms with Gasteiger partial charge in [-0.05, 0) is 0 Å². The summed E-state index contributed by atoms with van der Waals surface area (Å²) in [5, 5.41) is 2.05. The standard InChI is InChI=1S/C27H27ClN4OSe/c28-27-29-18-21-17-24(32(25(21)30-27)22-11-7-8-12-22)26(33)31(19-20-9-3-1-4-10-20)15-16-34-23-13-5-2-6-14-23/h1-6,9-10,13-14,17-18,22H,7-8,11-12,15-16,19H2. The summed E-state index contributed by atoms with van der Waals surface area (Å²) in [6.45, 7) is 1.30. The summed E-state index contributed by atoms with van der Waals surface area (Å²) in [6, 6.07) is 23.0. The molecule has 174 valence electrons. The second kappa shape index (κ2) is 10.7. The molecule has 5 rings (SSSR count). The van der Waals surface area contributed by atoms with Gasteiger partial charge < -0.3 is 0 Å². The van der Waals surface area contributed by atoms with Crippen LogP contribution in [-0.2, 0) is 6.54 Å². The van der Waals surface area contributed by atoms with E-state index in [9.17, 15) is 4.79 Å². The first-order chi connectivity index (χ1) is 16.7. The van der Waals surface area contributed by atoms with Gasteiger partial charge in [-0.2, -0.15) is 0 Å². The van der Waals surface area contributed by atoms with Gasteiger partial charge in [0.05, 0.1) is 0 Å². The van der Waals surface area contributed by atoms with Gasteiger partial charge in [0.15, 0.2) is 0 Å². The SMILES string of the molecule is O=C(c1cc2cnc(Cl)nc2n1C1CCCC1)N(CC[Se]c1ccccc1)Cc1ccccc1. The number of benzene rings is 2. The number of rotatable bonds is 8. The third-order valence-electron chi connectivity index (χ3n) is 6.33. The second-order valence-corrected chi connectivity index (χ2v) is 11.4. The molecule has 1 saturated carbocycles. The van der Waals surface area contributed by atoms with Crippen molar-refractivity contribution >= 4 is 48.0 Å². The first-order valence-corrected chi connectivity index (χ1v) is 14.2. The molecule has 5 nitrogen and oxygen atoms in total. The molecule has 0 aliphatic heterocycles. The number of nitrogens with zero attached hydrogens (tertiary/aromatic N) is 4. The topological polar surface area (TPSA) is 51.0 Å². The molecule has 7 heteroatoms. The number of amides is 1. The maximum absolute atomic E-state index is 14.1. The van der Waals surface area contributed by atoms with Crippen LogP contribution in [0.2, 0.25) is 10.6 Å². The number of aromatic nitrogens is 3. The van der Waals surface area contributed by atoms with Crippen LogP contribution in [0.5, 0.6) is 0 Å². The molecule has 0 spiro atoms. The average Bonchev–Trinajstić information content (AvgIpc) is 3.52. The van der Waals surface area contributed by atoms with Crippen LogP contribution in [-0.4, -0.2) is 46.8 Å². The van der Waals surface area contributed by atoms with Gasteiger partial charge >= 0.3 is 212 Å². The quantitative estimate of drug-likeness (QED) is 0.227. The number of fused-ring (bicyclic) bond motifs is 1. The van der Waals surface area contributed by atoms with Crippen molar-refractivity contribution < 1.29 is 4.79 Å². The zero-order chi connectivity index (χ0) is 23.3. The minimum absolute atomic E-state index is 0.0498. The van der Waals surface area contributed by atoms with E-state index in [1.54, 1.807) is 6.20 Å². The molecule has 2 aromatic carbocycles. The Balaban J connectivity index is 1.46. The van der Waals surface area contributed by atoms with Crippen molar-refractivity contribution in [2.24, 2.45) is 0 Å². The van der Waals surface area contributed by atoms with Crippen molar-refractivity contribution in [3.8, 4) is 0 Å². The van der Waals surface area contributed by atoms with Crippen LogP contribution in [0.15, 0.2) is 72.9 Å². The Morgan fingerprint density at radius 1 is 1.06 bits per heavy atom. The van der Waals surface area contributed by atoms with Crippen molar-refractivity contribution in [2.45, 2.75) is 43.6 Å². The summed E-state index contributed by atoms with van der Waals surface area (Å²) in [5.74, 6) is 0.0498. The predicted molar refractivity (Wildman–Crippen MR) is 138 cm³/mol. The van der Waals surface area contributed by atoms with Crippen LogP contribution < -0.4 is 4.46 Å². The first-order valence-electron chi connectivity index (χ1n) is 11.7. The van der Waals surface area contributed by atoms with Crippen LogP contribution >= 0.6 is 11.6 Å². The van der Waals surface area contributed by atoms with Gasteiger partial charge in [0, 0.05) is 0 Å². The molecule has 0 N–H and O–H groups in total. The summed E-state index contributed by atoms with van der Waals surface area (Å²) < 4.78 is 3.49. The molecule has 2 heterocycles. The third-order valence-corrected chi connectivity index (χ3v) is 8.60. The van der Waals surface area contributed by atoms with Crippen molar-refractivity contribution in [1.29, 1.82) is 0 Å². The van der Waals surface area contributed by atoms with E-state index in [2.05, 4.69) is 50.9 Å². The van der Waals surface area contributed by atoms with Gasteiger partial charge in [0.25, 0.3) is 0 Å². The Labute approximate surface area is 211 Å². The monoisotopic (exact) mass is 538 g/mol. The van der Waals surface area contributed by atoms with Crippen molar-refractivity contribution in [3.63, 3.8) is 0 Å². The van der Waals surface area contributed by atoms with Crippen LogP contribution in [0.4, 0.5) is 0 Å². The van der Waals surface area contributed by atoms with Gasteiger partial charge in [-0.1, -0.05) is 0 Å². The summed E-state index contributed by atoms with van der Waals surface area (Å²) >= 11 is 6.47. The molecule has 34 heavy (non-hydrogen) atoms. The zero-order valence-electron chi connectivity index (χ0n) is 18.9. The molecular formula is C27H27ClN4OSe. The summed E-state index contributed by atoms with van der Waals surface area (Å²) in [6.07, 6.45) is 6.18. The molecule has 0 atom stereocenters. The van der Waals surface area contributed by atoms with Crippen LogP contribution in [0.3, 0.4) is 0 Å². The maximum atomic E-state index is 14.1. The Bertz CT molecular complexity index is 1260. The summed E-state index contributed by atoms with van der Waals surface area (Å²) in [7, 11) is 0. The van der Waals surface area contributed by atoms with Crippen molar-refractivity contribution in [1.82, 2.24) is 19.4 Å². The van der Waals surface area contributed by atoms with E-state index in [4.69, 9.17) is 11.6 Å². The molecule has 0 saturated heterocycles. The molecule has 1 aliphatic rings. The third kappa shape index (κ3) is 5.20. The molecule has 0 unspecified atom stereocenters. The fourth-order valence-electron chi connectivity index (χ4n) is 4.69. The van der Waals surface area contributed by atoms with E-state index in [-0.39, 0.29) is 17.2 Å². The zero-order valence-corrected chi connectivity index (χ0v) is 21.4. The van der Waals surface area contributed by atoms with Gasteiger partial charge in [0.2, 0.25) is 0 Å². The number of hydrogen-bond donors (Lipinski definition) is 0. The first kappa shape index (κ1) is 23.1. The fraction of sp³-hybridized carbons (Fsp3) is 0.296. The molecule has 1 fully saturated rings. The molecule has 0 radical (unpaired) electrons. The van der Waals surface area contributed by atoms with Gasteiger partial charge in [-0.25, -0.2) is 0 Å². The number of carbonyl (C=O) groups excluding carboxylic acids is 1. The summed E-state index contributed by atoms with van der Waals surface area (Å²) in [4.78, 5) is 24.7. The number of halogens is 1. The van der Waals surface area contributed by atoms with E-state index in [0.717, 1.165) is 34.8 Å². The van der Waals surface area contributed by atoms with Gasteiger partial charge in [-0.15, -0.1) is 0 Å². The molecule has 4 aromatic rings. The van der Waals surface area contributed by atoms with Crippen LogP contribution in [0, 0.1) is 0 Å². The van der Waals surface area contributed by atoms with E-state index in [1.807, 2.05) is 35.2 Å². The van der Waals surface area contributed by atoms with Gasteiger partial charge in [-0.3, -0.25) is 0 Å². The van der Waals surface area contributed by atoms with E-state index < -0.39 is 0 Å². The van der Waals surface area contributed by atoms with E-state index in [1.165, 1.54) is 17.3 Å². The number of carbonyl (C=O) groups is 1. The molecule has 0 bridgehead atoms. The molecule has 1 aliphatic carbocycles. The normalized spacial score (nSPS) is 14.0. The van der Waals surface area contributed by atoms with Crippen LogP contribution in [0.1, 0.15) is 47.8 Å². The van der Waals surface area contributed by atoms with E-state index in [0.29, 0.717) is 33.7 Å². The predicted octanol–water partition coefficient (Wildman–Crippen LogP) is 5.29. The molecule has 1 amide bonds. The Kier molecular flexibility index (Phi) is 7.29. The average molecular weight is 538 g/mol. The summed E-state index contributed by atoms with van der Waals surface area (Å²) in [5.41, 5.74) is 2.60. The Hall–Kier alpha value is -2.66. The van der Waals surface area contributed by atoms with Crippen molar-refractivity contribution in [2.75, 3.05) is 6.54 Å².